The molecule has 10 heteroatoms. The third-order valence-corrected chi connectivity index (χ3v) is 5.57. The molecule has 0 aromatic carbocycles. The highest BCUT2D eigenvalue weighted by Crippen LogP contribution is 2.27. The molecule has 0 amide bonds. The molecule has 0 saturated heterocycles. The van der Waals surface area contributed by atoms with E-state index in [2.05, 4.69) is 14.4 Å². The van der Waals surface area contributed by atoms with E-state index in [-0.39, 0.29) is 29.2 Å². The van der Waals surface area contributed by atoms with Gasteiger partial charge in [0, 0.05) is 18.3 Å². The Hall–Kier alpha value is -1.91. The Kier molecular flexibility index (Phi) is 5.62. The second-order valence-corrected chi connectivity index (χ2v) is 7.35. The molecular formula is C14H21N3O6S. The predicted octanol–water partition coefficient (Wildman–Crippen LogP) is 0.0171. The number of carbonyl (C=O) groups excluding carboxylic acids is 1. The van der Waals surface area contributed by atoms with Crippen molar-refractivity contribution in [3.8, 4) is 0 Å². The van der Waals surface area contributed by atoms with Crippen LogP contribution in [-0.2, 0) is 19.6 Å². The van der Waals surface area contributed by atoms with Crippen molar-refractivity contribution in [1.29, 1.82) is 0 Å². The van der Waals surface area contributed by atoms with Crippen molar-refractivity contribution in [2.45, 2.75) is 36.7 Å². The number of hydrogen-bond acceptors (Lipinski definition) is 6. The first-order chi connectivity index (χ1) is 11.3. The molecule has 24 heavy (non-hydrogen) atoms. The largest absolute Gasteiger partial charge is 0.480 e. The molecule has 1 heterocycles. The molecule has 9 nitrogen and oxygen atoms in total. The summed E-state index contributed by atoms with van der Waals surface area (Å²) in [7, 11) is -2.54. The van der Waals surface area contributed by atoms with Crippen LogP contribution in [0.3, 0.4) is 0 Å². The van der Waals surface area contributed by atoms with E-state index < -0.39 is 22.0 Å². The lowest BCUT2D eigenvalue weighted by atomic mass is 9.86. The van der Waals surface area contributed by atoms with Crippen molar-refractivity contribution in [3.63, 3.8) is 0 Å². The second-order valence-electron chi connectivity index (χ2n) is 5.64. The summed E-state index contributed by atoms with van der Waals surface area (Å²) in [6, 6.07) is 1.02. The summed E-state index contributed by atoms with van der Waals surface area (Å²) in [6.45, 7) is 2.41. The highest BCUT2D eigenvalue weighted by Gasteiger charge is 2.36. The van der Waals surface area contributed by atoms with Crippen LogP contribution < -0.4 is 4.72 Å². The zero-order valence-electron chi connectivity index (χ0n) is 13.5. The Morgan fingerprint density at radius 3 is 2.67 bits per heavy atom. The normalized spacial score (nSPS) is 20.6. The van der Waals surface area contributed by atoms with Crippen LogP contribution in [0, 0.1) is 0 Å². The summed E-state index contributed by atoms with van der Waals surface area (Å²) in [5, 5.41) is 8.86. The van der Waals surface area contributed by atoms with Gasteiger partial charge in [-0.05, 0) is 25.5 Å². The number of nitrogens with one attached hydrogen (secondary N) is 2. The first-order valence-corrected chi connectivity index (χ1v) is 9.00. The first-order valence-electron chi connectivity index (χ1n) is 7.51. The van der Waals surface area contributed by atoms with Crippen LogP contribution in [0.4, 0.5) is 0 Å². The van der Waals surface area contributed by atoms with E-state index in [1.165, 1.54) is 19.4 Å². The Morgan fingerprint density at radius 2 is 2.12 bits per heavy atom. The minimum absolute atomic E-state index is 0.0377. The van der Waals surface area contributed by atoms with Crippen LogP contribution >= 0.6 is 0 Å². The lowest BCUT2D eigenvalue weighted by molar-refractivity contribution is -0.139. The van der Waals surface area contributed by atoms with Crippen molar-refractivity contribution < 1.29 is 27.9 Å². The summed E-state index contributed by atoms with van der Waals surface area (Å²) >= 11 is 0. The molecule has 0 unspecified atom stereocenters. The average Bonchev–Trinajstić information content (AvgIpc) is 2.98. The number of likely N-dealkylation sites (N-methyl/N-ethyl adjacent to an activating group) is 1. The topological polar surface area (TPSA) is 129 Å². The zero-order valence-corrected chi connectivity index (χ0v) is 14.3. The van der Waals surface area contributed by atoms with Crippen LogP contribution in [0.25, 0.3) is 0 Å². The molecule has 2 rings (SSSR count). The summed E-state index contributed by atoms with van der Waals surface area (Å²) < 4.78 is 31.7. The van der Waals surface area contributed by atoms with Gasteiger partial charge in [0.05, 0.1) is 13.7 Å². The van der Waals surface area contributed by atoms with Gasteiger partial charge < -0.3 is 14.8 Å². The highest BCUT2D eigenvalue weighted by atomic mass is 32.2. The number of aromatic amines is 1. The number of nitrogens with zero attached hydrogens (tertiary/aromatic N) is 1. The molecule has 1 aromatic rings. The van der Waals surface area contributed by atoms with Gasteiger partial charge in [0.2, 0.25) is 10.0 Å². The van der Waals surface area contributed by atoms with Gasteiger partial charge in [-0.3, -0.25) is 9.69 Å². The van der Waals surface area contributed by atoms with Gasteiger partial charge in [-0.25, -0.2) is 17.9 Å². The van der Waals surface area contributed by atoms with Crippen LogP contribution in [0.1, 0.15) is 30.3 Å². The monoisotopic (exact) mass is 359 g/mol. The van der Waals surface area contributed by atoms with E-state index in [1.807, 2.05) is 6.92 Å². The standard InChI is InChI=1S/C14H21N3O6S/c1-3-17(8-13(18)19)10-4-9(5-10)16-24(21,22)11-6-12(15-7-11)14(20)23-2/h6-7,9-10,15-16H,3-5,8H2,1-2H3,(H,18,19). The second kappa shape index (κ2) is 7.32. The number of ether oxygens (including phenoxy) is 1. The fourth-order valence-corrected chi connectivity index (χ4v) is 3.95. The number of hydrogen-bond donors (Lipinski definition) is 3. The molecule has 0 spiro atoms. The molecule has 1 aromatic heterocycles. The van der Waals surface area contributed by atoms with E-state index in [4.69, 9.17) is 5.11 Å². The maximum absolute atomic E-state index is 12.3. The number of H-pyrrole nitrogens is 1. The Balaban J connectivity index is 1.93. The summed E-state index contributed by atoms with van der Waals surface area (Å²) in [6.07, 6.45) is 2.33. The fourth-order valence-electron chi connectivity index (χ4n) is 2.70. The summed E-state index contributed by atoms with van der Waals surface area (Å²) in [4.78, 5) is 26.5. The number of sulfonamides is 1. The Bertz CT molecular complexity index is 708. The lowest BCUT2D eigenvalue weighted by Gasteiger charge is -2.41. The molecule has 1 aliphatic carbocycles. The van der Waals surface area contributed by atoms with Crippen molar-refractivity contribution in [1.82, 2.24) is 14.6 Å². The highest BCUT2D eigenvalue weighted by molar-refractivity contribution is 7.89. The molecule has 3 N–H and O–H groups in total. The molecule has 1 fully saturated rings. The van der Waals surface area contributed by atoms with E-state index in [0.29, 0.717) is 19.4 Å². The molecule has 0 aliphatic heterocycles. The minimum atomic E-state index is -3.74. The molecule has 0 radical (unpaired) electrons. The lowest BCUT2D eigenvalue weighted by Crippen LogP contribution is -2.54. The van der Waals surface area contributed by atoms with Crippen LogP contribution in [-0.4, -0.2) is 67.6 Å². The smallest absolute Gasteiger partial charge is 0.354 e. The quantitative estimate of drug-likeness (QED) is 0.558. The van der Waals surface area contributed by atoms with Gasteiger partial charge in [-0.1, -0.05) is 6.92 Å². The number of esters is 1. The van der Waals surface area contributed by atoms with Crippen LogP contribution in [0.5, 0.6) is 0 Å². The Labute approximate surface area is 140 Å². The summed E-state index contributed by atoms with van der Waals surface area (Å²) in [5.41, 5.74) is 0.0583. The molecule has 134 valence electrons. The molecule has 0 atom stereocenters. The van der Waals surface area contributed by atoms with Gasteiger partial charge in [0.1, 0.15) is 10.6 Å². The number of rotatable bonds is 8. The third-order valence-electron chi connectivity index (χ3n) is 4.07. The number of aliphatic carboxylic acids is 1. The van der Waals surface area contributed by atoms with Crippen molar-refractivity contribution >= 4 is 22.0 Å². The average molecular weight is 359 g/mol. The van der Waals surface area contributed by atoms with Crippen molar-refractivity contribution in [2.24, 2.45) is 0 Å². The molecule has 1 aliphatic rings. The van der Waals surface area contributed by atoms with Gasteiger partial charge >= 0.3 is 11.9 Å². The zero-order chi connectivity index (χ0) is 17.9. The SMILES string of the molecule is CCN(CC(=O)O)C1CC(NS(=O)(=O)c2c[nH]c(C(=O)OC)c2)C1. The first kappa shape index (κ1) is 18.4. The van der Waals surface area contributed by atoms with E-state index in [9.17, 15) is 18.0 Å². The van der Waals surface area contributed by atoms with E-state index in [1.54, 1.807) is 4.90 Å². The van der Waals surface area contributed by atoms with Crippen LogP contribution in [0.2, 0.25) is 0 Å². The van der Waals surface area contributed by atoms with Crippen LogP contribution in [0.15, 0.2) is 17.2 Å². The van der Waals surface area contributed by atoms with E-state index in [0.717, 1.165) is 0 Å². The number of carbonyl (C=O) groups is 2. The van der Waals surface area contributed by atoms with Gasteiger partial charge in [-0.15, -0.1) is 0 Å². The Morgan fingerprint density at radius 1 is 1.46 bits per heavy atom. The number of carboxylic acid groups (broad SMARTS) is 1. The van der Waals surface area contributed by atoms with Gasteiger partial charge in [0.25, 0.3) is 0 Å². The van der Waals surface area contributed by atoms with Gasteiger partial charge in [0.15, 0.2) is 0 Å². The van der Waals surface area contributed by atoms with Crippen molar-refractivity contribution in [2.75, 3.05) is 20.2 Å². The number of methoxy groups -OCH3 is 1. The van der Waals surface area contributed by atoms with Crippen molar-refractivity contribution in [3.05, 3.63) is 18.0 Å². The fraction of sp³-hybridized carbons (Fsp3) is 0.571. The minimum Gasteiger partial charge on any atom is -0.480 e. The molecular weight excluding hydrogens is 338 g/mol. The maximum Gasteiger partial charge on any atom is 0.354 e. The predicted molar refractivity (Wildman–Crippen MR) is 84.1 cm³/mol. The molecule has 1 saturated carbocycles. The third kappa shape index (κ3) is 4.13. The number of aromatic nitrogens is 1. The van der Waals surface area contributed by atoms with Gasteiger partial charge in [-0.2, -0.15) is 0 Å². The maximum atomic E-state index is 12.3. The summed E-state index contributed by atoms with van der Waals surface area (Å²) in [5.74, 6) is -1.55. The molecule has 0 bridgehead atoms. The number of carboxylic acids is 1. The van der Waals surface area contributed by atoms with E-state index >= 15 is 0 Å².